The van der Waals surface area contributed by atoms with Gasteiger partial charge in [-0.3, -0.25) is 19.2 Å². The standard InChI is InChI=1S/C12H13N5O4/c13-6(4-9(14)18)10(19)15-5-1-2-7-8(3-5)17-12(21)11(20)16-7/h1-3,6H,4,13H2,(H2,14,18)(H,15,19)(H,16,20)(H,17,21). The maximum atomic E-state index is 11.7. The fourth-order valence-electron chi connectivity index (χ4n) is 1.74. The minimum atomic E-state index is -1.06. The van der Waals surface area contributed by atoms with Crippen LogP contribution in [0.5, 0.6) is 0 Å². The van der Waals surface area contributed by atoms with E-state index in [0.29, 0.717) is 16.7 Å². The molecule has 1 aromatic carbocycles. The highest BCUT2D eigenvalue weighted by Crippen LogP contribution is 2.14. The van der Waals surface area contributed by atoms with Crippen molar-refractivity contribution in [1.82, 2.24) is 9.97 Å². The molecule has 1 atom stereocenters. The van der Waals surface area contributed by atoms with E-state index in [-0.39, 0.29) is 6.42 Å². The first-order valence-electron chi connectivity index (χ1n) is 5.98. The molecule has 0 aliphatic rings. The number of fused-ring (bicyclic) bond motifs is 1. The van der Waals surface area contributed by atoms with E-state index in [0.717, 1.165) is 0 Å². The predicted octanol–water partition coefficient (Wildman–Crippen LogP) is -1.64. The fourth-order valence-corrected chi connectivity index (χ4v) is 1.74. The third-order valence-electron chi connectivity index (χ3n) is 2.75. The zero-order chi connectivity index (χ0) is 15.6. The molecule has 21 heavy (non-hydrogen) atoms. The van der Waals surface area contributed by atoms with Crippen LogP contribution in [0.25, 0.3) is 11.0 Å². The number of anilines is 1. The minimum absolute atomic E-state index is 0.274. The smallest absolute Gasteiger partial charge is 0.314 e. The van der Waals surface area contributed by atoms with Gasteiger partial charge >= 0.3 is 11.1 Å². The summed E-state index contributed by atoms with van der Waals surface area (Å²) in [5, 5.41) is 2.49. The number of rotatable bonds is 4. The Morgan fingerprint density at radius 1 is 1.14 bits per heavy atom. The van der Waals surface area contributed by atoms with E-state index in [4.69, 9.17) is 11.5 Å². The van der Waals surface area contributed by atoms with Gasteiger partial charge in [-0.1, -0.05) is 0 Å². The lowest BCUT2D eigenvalue weighted by atomic mass is 10.2. The number of hydrogen-bond acceptors (Lipinski definition) is 5. The summed E-state index contributed by atoms with van der Waals surface area (Å²) in [5.74, 6) is -1.27. The van der Waals surface area contributed by atoms with Crippen molar-refractivity contribution in [3.05, 3.63) is 38.9 Å². The Morgan fingerprint density at radius 2 is 1.76 bits per heavy atom. The van der Waals surface area contributed by atoms with Crippen LogP contribution in [0.3, 0.4) is 0 Å². The summed E-state index contributed by atoms with van der Waals surface area (Å²) in [6.45, 7) is 0. The largest absolute Gasteiger partial charge is 0.370 e. The average Bonchev–Trinajstić information content (AvgIpc) is 2.39. The Labute approximate surface area is 117 Å². The molecule has 1 aromatic heterocycles. The zero-order valence-electron chi connectivity index (χ0n) is 10.8. The second-order valence-corrected chi connectivity index (χ2v) is 4.43. The lowest BCUT2D eigenvalue weighted by molar-refractivity contribution is -0.123. The number of aromatic nitrogens is 2. The molecule has 2 rings (SSSR count). The summed E-state index contributed by atoms with van der Waals surface area (Å²) >= 11 is 0. The van der Waals surface area contributed by atoms with E-state index in [9.17, 15) is 19.2 Å². The molecule has 2 amide bonds. The summed E-state index contributed by atoms with van der Waals surface area (Å²) in [6, 6.07) is 3.43. The van der Waals surface area contributed by atoms with E-state index in [1.54, 1.807) is 0 Å². The van der Waals surface area contributed by atoms with Crippen LogP contribution in [0.2, 0.25) is 0 Å². The molecule has 1 heterocycles. The molecular formula is C12H13N5O4. The molecule has 0 saturated carbocycles. The van der Waals surface area contributed by atoms with E-state index < -0.39 is 29.0 Å². The number of nitrogens with two attached hydrogens (primary N) is 2. The number of primary amides is 1. The van der Waals surface area contributed by atoms with Crippen molar-refractivity contribution < 1.29 is 9.59 Å². The normalized spacial score (nSPS) is 12.0. The highest BCUT2D eigenvalue weighted by atomic mass is 16.2. The van der Waals surface area contributed by atoms with E-state index >= 15 is 0 Å². The summed E-state index contributed by atoms with van der Waals surface area (Å²) < 4.78 is 0. The minimum Gasteiger partial charge on any atom is -0.370 e. The van der Waals surface area contributed by atoms with E-state index in [1.807, 2.05) is 0 Å². The summed E-state index contributed by atoms with van der Waals surface area (Å²) in [5.41, 5.74) is 10.0. The molecule has 0 aliphatic carbocycles. The Hall–Kier alpha value is -2.94. The Kier molecular flexibility index (Phi) is 3.85. The van der Waals surface area contributed by atoms with Gasteiger partial charge in [-0.25, -0.2) is 0 Å². The second kappa shape index (κ2) is 5.59. The number of nitrogens with one attached hydrogen (secondary N) is 3. The topological polar surface area (TPSA) is 164 Å². The molecule has 9 nitrogen and oxygen atoms in total. The molecule has 0 saturated heterocycles. The maximum absolute atomic E-state index is 11.7. The Balaban J connectivity index is 2.25. The SMILES string of the molecule is NC(=O)CC(N)C(=O)Nc1ccc2[nH]c(=O)c(=O)[nH]c2c1. The van der Waals surface area contributed by atoms with Gasteiger partial charge in [-0.2, -0.15) is 0 Å². The van der Waals surface area contributed by atoms with Crippen molar-refractivity contribution in [3.8, 4) is 0 Å². The predicted molar refractivity (Wildman–Crippen MR) is 75.6 cm³/mol. The number of carbonyl (C=O) groups is 2. The number of carbonyl (C=O) groups excluding carboxylic acids is 2. The van der Waals surface area contributed by atoms with Crippen molar-refractivity contribution >= 4 is 28.5 Å². The van der Waals surface area contributed by atoms with Gasteiger partial charge in [0.25, 0.3) is 0 Å². The molecular weight excluding hydrogens is 278 g/mol. The maximum Gasteiger partial charge on any atom is 0.314 e. The monoisotopic (exact) mass is 291 g/mol. The van der Waals surface area contributed by atoms with Gasteiger partial charge in [0.2, 0.25) is 11.8 Å². The van der Waals surface area contributed by atoms with Crippen LogP contribution < -0.4 is 27.9 Å². The fraction of sp³-hybridized carbons (Fsp3) is 0.167. The first kappa shape index (κ1) is 14.5. The zero-order valence-corrected chi connectivity index (χ0v) is 10.8. The molecule has 0 bridgehead atoms. The summed E-state index contributed by atoms with van der Waals surface area (Å²) in [7, 11) is 0. The van der Waals surface area contributed by atoms with Gasteiger partial charge in [-0.15, -0.1) is 0 Å². The Morgan fingerprint density at radius 3 is 2.38 bits per heavy atom. The van der Waals surface area contributed by atoms with Crippen LogP contribution in [-0.2, 0) is 9.59 Å². The van der Waals surface area contributed by atoms with Gasteiger partial charge in [0.05, 0.1) is 23.5 Å². The van der Waals surface area contributed by atoms with Gasteiger partial charge in [0.1, 0.15) is 0 Å². The lowest BCUT2D eigenvalue weighted by Gasteiger charge is -2.11. The number of aromatic amines is 2. The number of hydrogen-bond donors (Lipinski definition) is 5. The van der Waals surface area contributed by atoms with Crippen molar-refractivity contribution in [2.24, 2.45) is 11.5 Å². The Bertz CT molecular complexity index is 822. The van der Waals surface area contributed by atoms with Crippen molar-refractivity contribution in [1.29, 1.82) is 0 Å². The van der Waals surface area contributed by atoms with Crippen LogP contribution in [0.15, 0.2) is 27.8 Å². The van der Waals surface area contributed by atoms with Crippen molar-refractivity contribution in [2.45, 2.75) is 12.5 Å². The number of amides is 2. The van der Waals surface area contributed by atoms with E-state index in [2.05, 4.69) is 15.3 Å². The van der Waals surface area contributed by atoms with Crippen molar-refractivity contribution in [2.75, 3.05) is 5.32 Å². The second-order valence-electron chi connectivity index (χ2n) is 4.43. The van der Waals surface area contributed by atoms with E-state index in [1.165, 1.54) is 18.2 Å². The highest BCUT2D eigenvalue weighted by Gasteiger charge is 2.16. The van der Waals surface area contributed by atoms with Crippen LogP contribution in [0.4, 0.5) is 5.69 Å². The van der Waals surface area contributed by atoms with Crippen LogP contribution in [0.1, 0.15) is 6.42 Å². The quantitative estimate of drug-likeness (QED) is 0.425. The first-order valence-corrected chi connectivity index (χ1v) is 5.98. The molecule has 2 aromatic rings. The van der Waals surface area contributed by atoms with Gasteiger partial charge in [0.15, 0.2) is 0 Å². The third-order valence-corrected chi connectivity index (χ3v) is 2.75. The summed E-state index contributed by atoms with van der Waals surface area (Å²) in [4.78, 5) is 49.6. The first-order chi connectivity index (χ1) is 9.86. The average molecular weight is 291 g/mol. The van der Waals surface area contributed by atoms with Crippen LogP contribution >= 0.6 is 0 Å². The highest BCUT2D eigenvalue weighted by molar-refractivity contribution is 5.98. The molecule has 0 aliphatic heterocycles. The molecule has 0 radical (unpaired) electrons. The van der Waals surface area contributed by atoms with Crippen LogP contribution in [-0.4, -0.2) is 27.8 Å². The summed E-state index contributed by atoms with van der Waals surface area (Å²) in [6.07, 6.45) is -0.274. The molecule has 0 fully saturated rings. The third kappa shape index (κ3) is 3.34. The van der Waals surface area contributed by atoms with Gasteiger partial charge in [-0.05, 0) is 18.2 Å². The van der Waals surface area contributed by atoms with Gasteiger partial charge < -0.3 is 26.8 Å². The molecule has 110 valence electrons. The number of H-pyrrole nitrogens is 2. The lowest BCUT2D eigenvalue weighted by Crippen LogP contribution is -2.39. The van der Waals surface area contributed by atoms with Crippen LogP contribution in [0, 0.1) is 0 Å². The molecule has 1 unspecified atom stereocenters. The molecule has 7 N–H and O–H groups in total. The molecule has 9 heteroatoms. The van der Waals surface area contributed by atoms with Crippen molar-refractivity contribution in [3.63, 3.8) is 0 Å². The molecule has 0 spiro atoms. The number of benzene rings is 1. The van der Waals surface area contributed by atoms with Gasteiger partial charge in [0, 0.05) is 5.69 Å².